The van der Waals surface area contributed by atoms with Gasteiger partial charge in [-0.1, -0.05) is 66.8 Å². The minimum atomic E-state index is -0.678. The predicted octanol–water partition coefficient (Wildman–Crippen LogP) is 5.75. The number of rotatable bonds is 10. The molecular formula is C23H27Cl3N2O3. The molecule has 31 heavy (non-hydrogen) atoms. The number of benzene rings is 2. The lowest BCUT2D eigenvalue weighted by Gasteiger charge is -2.31. The van der Waals surface area contributed by atoms with Crippen molar-refractivity contribution in [3.05, 3.63) is 63.1 Å². The second-order valence-corrected chi connectivity index (χ2v) is 8.47. The first kappa shape index (κ1) is 25.3. The van der Waals surface area contributed by atoms with Gasteiger partial charge in [0, 0.05) is 22.6 Å². The van der Waals surface area contributed by atoms with Crippen molar-refractivity contribution < 1.29 is 14.3 Å². The van der Waals surface area contributed by atoms with Crippen molar-refractivity contribution in [1.29, 1.82) is 0 Å². The third-order valence-electron chi connectivity index (χ3n) is 4.93. The number of carbonyl (C=O) groups excluding carboxylic acids is 2. The number of halogens is 3. The van der Waals surface area contributed by atoms with E-state index in [9.17, 15) is 9.59 Å². The maximum atomic E-state index is 13.2. The van der Waals surface area contributed by atoms with Gasteiger partial charge in [0.1, 0.15) is 11.8 Å². The molecule has 0 aliphatic rings. The fraction of sp³-hybridized carbons (Fsp3) is 0.391. The van der Waals surface area contributed by atoms with E-state index in [0.29, 0.717) is 32.8 Å². The van der Waals surface area contributed by atoms with Gasteiger partial charge in [-0.15, -0.1) is 0 Å². The van der Waals surface area contributed by atoms with Gasteiger partial charge in [0.2, 0.25) is 5.91 Å². The quantitative estimate of drug-likeness (QED) is 0.466. The number of ether oxygens (including phenoxy) is 1. The van der Waals surface area contributed by atoms with Crippen LogP contribution in [0.15, 0.2) is 42.5 Å². The van der Waals surface area contributed by atoms with Gasteiger partial charge >= 0.3 is 0 Å². The normalized spacial score (nSPS) is 12.7. The molecule has 2 amide bonds. The SMILES string of the molecule is CC[C@H](C(=O)N[C@@H](C)CC)N(Cc1ccc(Cl)cc1Cl)C(=O)COc1ccccc1Cl. The van der Waals surface area contributed by atoms with E-state index in [4.69, 9.17) is 39.5 Å². The summed E-state index contributed by atoms with van der Waals surface area (Å²) in [5, 5.41) is 4.29. The summed E-state index contributed by atoms with van der Waals surface area (Å²) in [5.74, 6) is -0.163. The molecule has 2 rings (SSSR count). The van der Waals surface area contributed by atoms with E-state index in [1.54, 1.807) is 42.5 Å². The monoisotopic (exact) mass is 484 g/mol. The van der Waals surface area contributed by atoms with Gasteiger partial charge < -0.3 is 15.0 Å². The average Bonchev–Trinajstić information content (AvgIpc) is 2.74. The minimum absolute atomic E-state index is 0.00278. The highest BCUT2D eigenvalue weighted by Gasteiger charge is 2.30. The summed E-state index contributed by atoms with van der Waals surface area (Å²) in [7, 11) is 0. The van der Waals surface area contributed by atoms with Gasteiger partial charge in [-0.2, -0.15) is 0 Å². The Kier molecular flexibility index (Phi) is 9.94. The molecule has 0 fully saturated rings. The van der Waals surface area contributed by atoms with Gasteiger partial charge in [-0.05, 0) is 49.6 Å². The third-order valence-corrected chi connectivity index (χ3v) is 5.83. The first-order chi connectivity index (χ1) is 14.8. The molecule has 1 N–H and O–H groups in total. The van der Waals surface area contributed by atoms with E-state index >= 15 is 0 Å². The van der Waals surface area contributed by atoms with Crippen LogP contribution in [-0.2, 0) is 16.1 Å². The van der Waals surface area contributed by atoms with E-state index in [1.165, 1.54) is 4.90 Å². The lowest BCUT2D eigenvalue weighted by Crippen LogP contribution is -2.51. The molecule has 0 bridgehead atoms. The second kappa shape index (κ2) is 12.2. The van der Waals surface area contributed by atoms with E-state index in [2.05, 4.69) is 5.32 Å². The zero-order chi connectivity index (χ0) is 23.0. The number of amides is 2. The highest BCUT2D eigenvalue weighted by atomic mass is 35.5. The van der Waals surface area contributed by atoms with Crippen molar-refractivity contribution in [2.45, 2.75) is 52.2 Å². The van der Waals surface area contributed by atoms with Crippen LogP contribution in [0.5, 0.6) is 5.75 Å². The van der Waals surface area contributed by atoms with E-state index < -0.39 is 6.04 Å². The Morgan fingerprint density at radius 2 is 1.74 bits per heavy atom. The number of carbonyl (C=O) groups is 2. The first-order valence-electron chi connectivity index (χ1n) is 10.2. The van der Waals surface area contributed by atoms with Crippen LogP contribution in [0.1, 0.15) is 39.2 Å². The van der Waals surface area contributed by atoms with Gasteiger partial charge in [-0.25, -0.2) is 0 Å². The zero-order valence-corrected chi connectivity index (χ0v) is 20.1. The molecule has 168 valence electrons. The molecule has 0 aliphatic heterocycles. The molecule has 2 atom stereocenters. The summed E-state index contributed by atoms with van der Waals surface area (Å²) < 4.78 is 5.63. The smallest absolute Gasteiger partial charge is 0.261 e. The number of hydrogen-bond acceptors (Lipinski definition) is 3. The lowest BCUT2D eigenvalue weighted by molar-refractivity contribution is -0.143. The van der Waals surface area contributed by atoms with E-state index in [-0.39, 0.29) is 31.0 Å². The molecule has 0 radical (unpaired) electrons. The van der Waals surface area contributed by atoms with Crippen molar-refractivity contribution in [1.82, 2.24) is 10.2 Å². The molecule has 0 saturated carbocycles. The number of hydrogen-bond donors (Lipinski definition) is 1. The van der Waals surface area contributed by atoms with Crippen LogP contribution in [0.25, 0.3) is 0 Å². The number of nitrogens with one attached hydrogen (secondary N) is 1. The Balaban J connectivity index is 2.27. The van der Waals surface area contributed by atoms with Crippen LogP contribution in [0.4, 0.5) is 0 Å². The second-order valence-electron chi connectivity index (χ2n) is 7.22. The first-order valence-corrected chi connectivity index (χ1v) is 11.3. The van der Waals surface area contributed by atoms with Gasteiger partial charge in [0.25, 0.3) is 5.91 Å². The standard InChI is InChI=1S/C23H27Cl3N2O3/c1-4-15(3)27-23(30)20(5-2)28(13-16-10-11-17(24)12-19(16)26)22(29)14-31-21-9-7-6-8-18(21)25/h6-12,15,20H,4-5,13-14H2,1-3H3,(H,27,30)/t15-,20+/m0/s1. The summed E-state index contributed by atoms with van der Waals surface area (Å²) >= 11 is 18.5. The van der Waals surface area contributed by atoms with E-state index in [1.807, 2.05) is 20.8 Å². The molecule has 0 heterocycles. The lowest BCUT2D eigenvalue weighted by atomic mass is 10.1. The van der Waals surface area contributed by atoms with Crippen LogP contribution in [0, 0.1) is 0 Å². The van der Waals surface area contributed by atoms with Crippen molar-refractivity contribution in [2.75, 3.05) is 6.61 Å². The Morgan fingerprint density at radius 3 is 2.35 bits per heavy atom. The van der Waals surface area contributed by atoms with Gasteiger partial charge in [0.15, 0.2) is 6.61 Å². The summed E-state index contributed by atoms with van der Waals surface area (Å²) in [6, 6.07) is 11.3. The van der Waals surface area contributed by atoms with Gasteiger partial charge in [0.05, 0.1) is 5.02 Å². The van der Waals surface area contributed by atoms with Crippen molar-refractivity contribution in [3.8, 4) is 5.75 Å². The molecule has 8 heteroatoms. The molecule has 0 aromatic heterocycles. The van der Waals surface area contributed by atoms with E-state index in [0.717, 1.165) is 6.42 Å². The predicted molar refractivity (Wildman–Crippen MR) is 126 cm³/mol. The summed E-state index contributed by atoms with van der Waals surface area (Å²) in [6.07, 6.45) is 1.22. The van der Waals surface area contributed by atoms with Gasteiger partial charge in [-0.3, -0.25) is 9.59 Å². The largest absolute Gasteiger partial charge is 0.482 e. The highest BCUT2D eigenvalue weighted by molar-refractivity contribution is 6.35. The Hall–Kier alpha value is -1.95. The molecule has 2 aromatic rings. The van der Waals surface area contributed by atoms with Crippen molar-refractivity contribution in [3.63, 3.8) is 0 Å². The zero-order valence-electron chi connectivity index (χ0n) is 17.8. The third kappa shape index (κ3) is 7.30. The van der Waals surface area contributed by atoms with Crippen LogP contribution >= 0.6 is 34.8 Å². The van der Waals surface area contributed by atoms with Crippen molar-refractivity contribution in [2.24, 2.45) is 0 Å². The molecule has 2 aromatic carbocycles. The molecule has 0 aliphatic carbocycles. The summed E-state index contributed by atoms with van der Waals surface area (Å²) in [6.45, 7) is 5.65. The van der Waals surface area contributed by atoms with Crippen LogP contribution in [-0.4, -0.2) is 35.4 Å². The highest BCUT2D eigenvalue weighted by Crippen LogP contribution is 2.25. The Morgan fingerprint density at radius 1 is 1.03 bits per heavy atom. The minimum Gasteiger partial charge on any atom is -0.482 e. The Bertz CT molecular complexity index is 907. The molecule has 0 unspecified atom stereocenters. The number of para-hydroxylation sites is 1. The van der Waals surface area contributed by atoms with Crippen LogP contribution < -0.4 is 10.1 Å². The summed E-state index contributed by atoms with van der Waals surface area (Å²) in [5.41, 5.74) is 0.687. The molecule has 5 nitrogen and oxygen atoms in total. The van der Waals surface area contributed by atoms with Crippen LogP contribution in [0.2, 0.25) is 15.1 Å². The maximum absolute atomic E-state index is 13.2. The fourth-order valence-corrected chi connectivity index (χ4v) is 3.64. The molecular weight excluding hydrogens is 459 g/mol. The summed E-state index contributed by atoms with van der Waals surface area (Å²) in [4.78, 5) is 27.6. The molecule has 0 saturated heterocycles. The Labute approximate surface area is 198 Å². The molecule has 0 spiro atoms. The van der Waals surface area contributed by atoms with Crippen molar-refractivity contribution >= 4 is 46.6 Å². The number of nitrogens with zero attached hydrogens (tertiary/aromatic N) is 1. The van der Waals surface area contributed by atoms with Crippen LogP contribution in [0.3, 0.4) is 0 Å². The average molecular weight is 486 g/mol. The topological polar surface area (TPSA) is 58.6 Å². The fourth-order valence-electron chi connectivity index (χ4n) is 2.98. The maximum Gasteiger partial charge on any atom is 0.261 e.